The third kappa shape index (κ3) is 6.12. The normalized spacial score (nSPS) is 22.9. The lowest BCUT2D eigenvalue weighted by molar-refractivity contribution is 0.0844. The van der Waals surface area contributed by atoms with Gasteiger partial charge in [-0.2, -0.15) is 11.8 Å². The minimum atomic E-state index is 0.459. The highest BCUT2D eigenvalue weighted by Crippen LogP contribution is 2.15. The van der Waals surface area contributed by atoms with E-state index in [9.17, 15) is 0 Å². The molecule has 0 radical (unpaired) electrons. The fourth-order valence-electron chi connectivity index (χ4n) is 1.91. The molecule has 0 spiro atoms. The van der Waals surface area contributed by atoms with Gasteiger partial charge < -0.3 is 10.1 Å². The van der Waals surface area contributed by atoms with Crippen LogP contribution in [0.1, 0.15) is 40.0 Å². The molecule has 0 aromatic heterocycles. The van der Waals surface area contributed by atoms with Crippen molar-refractivity contribution in [2.75, 3.05) is 24.7 Å². The van der Waals surface area contributed by atoms with Gasteiger partial charge in [0.15, 0.2) is 0 Å². The van der Waals surface area contributed by atoms with E-state index >= 15 is 0 Å². The van der Waals surface area contributed by atoms with Gasteiger partial charge in [-0.25, -0.2) is 0 Å². The Labute approximate surface area is 105 Å². The highest BCUT2D eigenvalue weighted by molar-refractivity contribution is 7.99. The molecule has 2 unspecified atom stereocenters. The van der Waals surface area contributed by atoms with E-state index in [1.54, 1.807) is 0 Å². The maximum atomic E-state index is 5.66. The molecule has 1 N–H and O–H groups in total. The third-order valence-corrected chi connectivity index (χ3v) is 4.09. The second kappa shape index (κ2) is 8.37. The molecule has 16 heavy (non-hydrogen) atoms. The van der Waals surface area contributed by atoms with Gasteiger partial charge in [0.1, 0.15) is 0 Å². The average Bonchev–Trinajstić information content (AvgIpc) is 2.75. The Kier molecular flexibility index (Phi) is 7.50. The van der Waals surface area contributed by atoms with Gasteiger partial charge in [0.25, 0.3) is 0 Å². The van der Waals surface area contributed by atoms with Gasteiger partial charge in [-0.15, -0.1) is 0 Å². The molecule has 0 aliphatic carbocycles. The lowest BCUT2D eigenvalue weighted by atomic mass is 10.1. The fraction of sp³-hybridized carbons (Fsp3) is 1.00. The van der Waals surface area contributed by atoms with Gasteiger partial charge >= 0.3 is 0 Å². The first-order valence-electron chi connectivity index (χ1n) is 6.63. The fourth-order valence-corrected chi connectivity index (χ4v) is 3.01. The zero-order valence-corrected chi connectivity index (χ0v) is 11.8. The van der Waals surface area contributed by atoms with Crippen molar-refractivity contribution in [1.29, 1.82) is 0 Å². The van der Waals surface area contributed by atoms with Crippen LogP contribution in [0.25, 0.3) is 0 Å². The van der Waals surface area contributed by atoms with Crippen LogP contribution >= 0.6 is 11.8 Å². The predicted octanol–water partition coefficient (Wildman–Crippen LogP) is 2.92. The second-order valence-corrected chi connectivity index (χ2v) is 6.31. The molecule has 1 saturated heterocycles. The molecular formula is C13H27NOS. The van der Waals surface area contributed by atoms with Crippen molar-refractivity contribution in [3.63, 3.8) is 0 Å². The third-order valence-electron chi connectivity index (χ3n) is 3.07. The zero-order chi connectivity index (χ0) is 11.8. The maximum absolute atomic E-state index is 5.66. The van der Waals surface area contributed by atoms with Gasteiger partial charge in [-0.1, -0.05) is 13.8 Å². The summed E-state index contributed by atoms with van der Waals surface area (Å²) in [7, 11) is 0. The van der Waals surface area contributed by atoms with Crippen molar-refractivity contribution in [3.8, 4) is 0 Å². The molecule has 96 valence electrons. The molecule has 0 aromatic carbocycles. The molecule has 1 rings (SSSR count). The number of ether oxygens (including phenoxy) is 1. The van der Waals surface area contributed by atoms with Crippen molar-refractivity contribution in [1.82, 2.24) is 5.32 Å². The Morgan fingerprint density at radius 1 is 1.31 bits per heavy atom. The van der Waals surface area contributed by atoms with Crippen molar-refractivity contribution in [2.45, 2.75) is 52.2 Å². The summed E-state index contributed by atoms with van der Waals surface area (Å²) in [6, 6.07) is 0.521. The number of hydrogen-bond acceptors (Lipinski definition) is 3. The van der Waals surface area contributed by atoms with Crippen LogP contribution in [-0.4, -0.2) is 36.8 Å². The summed E-state index contributed by atoms with van der Waals surface area (Å²) < 4.78 is 5.66. The first kappa shape index (κ1) is 14.3. The molecule has 0 amide bonds. The van der Waals surface area contributed by atoms with E-state index in [0.29, 0.717) is 12.1 Å². The lowest BCUT2D eigenvalue weighted by Gasteiger charge is -2.19. The highest BCUT2D eigenvalue weighted by atomic mass is 32.2. The summed E-state index contributed by atoms with van der Waals surface area (Å²) in [5, 5.41) is 3.57. The van der Waals surface area contributed by atoms with E-state index in [1.165, 1.54) is 30.8 Å². The molecule has 0 aromatic rings. The van der Waals surface area contributed by atoms with E-state index in [1.807, 2.05) is 0 Å². The number of nitrogens with one attached hydrogen (secondary N) is 1. The van der Waals surface area contributed by atoms with Crippen LogP contribution in [0.4, 0.5) is 0 Å². The smallest absolute Gasteiger partial charge is 0.0726 e. The second-order valence-electron chi connectivity index (χ2n) is 5.09. The first-order valence-corrected chi connectivity index (χ1v) is 7.78. The summed E-state index contributed by atoms with van der Waals surface area (Å²) in [4.78, 5) is 0. The average molecular weight is 245 g/mol. The highest BCUT2D eigenvalue weighted by Gasteiger charge is 2.21. The van der Waals surface area contributed by atoms with Crippen molar-refractivity contribution >= 4 is 11.8 Å². The van der Waals surface area contributed by atoms with E-state index in [2.05, 4.69) is 37.8 Å². The molecule has 1 fully saturated rings. The van der Waals surface area contributed by atoms with Gasteiger partial charge in [0.05, 0.1) is 6.10 Å². The molecule has 1 heterocycles. The number of rotatable bonds is 8. The van der Waals surface area contributed by atoms with E-state index in [4.69, 9.17) is 4.74 Å². The number of thioether (sulfide) groups is 1. The van der Waals surface area contributed by atoms with Crippen LogP contribution < -0.4 is 5.32 Å². The summed E-state index contributed by atoms with van der Waals surface area (Å²) >= 11 is 2.06. The molecule has 3 heteroatoms. The SMILES string of the molecule is CC(C)CCSCCNC(C)C1CCCO1. The lowest BCUT2D eigenvalue weighted by Crippen LogP contribution is -2.38. The predicted molar refractivity (Wildman–Crippen MR) is 73.2 cm³/mol. The zero-order valence-electron chi connectivity index (χ0n) is 11.0. The molecule has 1 aliphatic rings. The largest absolute Gasteiger partial charge is 0.377 e. The number of hydrogen-bond donors (Lipinski definition) is 1. The van der Waals surface area contributed by atoms with Crippen LogP contribution in [-0.2, 0) is 4.74 Å². The summed E-state index contributed by atoms with van der Waals surface area (Å²) in [5.41, 5.74) is 0. The van der Waals surface area contributed by atoms with E-state index in [-0.39, 0.29) is 0 Å². The summed E-state index contributed by atoms with van der Waals surface area (Å²) in [6.07, 6.45) is 4.26. The Hall–Kier alpha value is 0.270. The molecule has 1 aliphatic heterocycles. The van der Waals surface area contributed by atoms with Crippen molar-refractivity contribution in [2.24, 2.45) is 5.92 Å². The van der Waals surface area contributed by atoms with Crippen LogP contribution in [0, 0.1) is 5.92 Å². The topological polar surface area (TPSA) is 21.3 Å². The minimum Gasteiger partial charge on any atom is -0.377 e. The van der Waals surface area contributed by atoms with Crippen LogP contribution in [0.3, 0.4) is 0 Å². The quantitative estimate of drug-likeness (QED) is 0.664. The minimum absolute atomic E-state index is 0.459. The monoisotopic (exact) mass is 245 g/mol. The molecule has 0 bridgehead atoms. The van der Waals surface area contributed by atoms with Gasteiger partial charge in [-0.3, -0.25) is 0 Å². The van der Waals surface area contributed by atoms with Crippen LogP contribution in [0.15, 0.2) is 0 Å². The molecule has 2 nitrogen and oxygen atoms in total. The van der Waals surface area contributed by atoms with Crippen molar-refractivity contribution < 1.29 is 4.74 Å². The Morgan fingerprint density at radius 3 is 2.75 bits per heavy atom. The van der Waals surface area contributed by atoms with Gasteiger partial charge in [0, 0.05) is 24.9 Å². The van der Waals surface area contributed by atoms with Crippen molar-refractivity contribution in [3.05, 3.63) is 0 Å². The van der Waals surface area contributed by atoms with Gasteiger partial charge in [-0.05, 0) is 37.9 Å². The van der Waals surface area contributed by atoms with Gasteiger partial charge in [0.2, 0.25) is 0 Å². The van der Waals surface area contributed by atoms with E-state index < -0.39 is 0 Å². The molecule has 2 atom stereocenters. The van der Waals surface area contributed by atoms with Crippen LogP contribution in [0.5, 0.6) is 0 Å². The Morgan fingerprint density at radius 2 is 2.12 bits per heavy atom. The Balaban J connectivity index is 1.90. The van der Waals surface area contributed by atoms with E-state index in [0.717, 1.165) is 19.1 Å². The maximum Gasteiger partial charge on any atom is 0.0726 e. The molecular weight excluding hydrogens is 218 g/mol. The molecule has 0 saturated carbocycles. The standard InChI is InChI=1S/C13H27NOS/c1-11(2)6-9-16-10-7-14-12(3)13-5-4-8-15-13/h11-14H,4-10H2,1-3H3. The van der Waals surface area contributed by atoms with Crippen LogP contribution in [0.2, 0.25) is 0 Å². The summed E-state index contributed by atoms with van der Waals surface area (Å²) in [5.74, 6) is 3.36. The Bertz CT molecular complexity index is 169. The first-order chi connectivity index (χ1) is 7.70. The summed E-state index contributed by atoms with van der Waals surface area (Å²) in [6.45, 7) is 8.90.